The van der Waals surface area contributed by atoms with Gasteiger partial charge in [-0.2, -0.15) is 0 Å². The fourth-order valence-electron chi connectivity index (χ4n) is 14.7. The van der Waals surface area contributed by atoms with E-state index in [1.54, 1.807) is 0 Å². The number of aliphatic hydroxyl groups excluding tert-OH is 5. The fraction of sp³-hybridized carbons (Fsp3) is 0.872. The van der Waals surface area contributed by atoms with Gasteiger partial charge in [0.05, 0.1) is 18.1 Å². The lowest BCUT2D eigenvalue weighted by atomic mass is 9.33. The number of hydrogen-bond acceptors (Lipinski definition) is 17. The molecular formula is C47H70O20. The van der Waals surface area contributed by atoms with E-state index in [0.29, 0.717) is 32.1 Å². The highest BCUT2D eigenvalue weighted by Crippen LogP contribution is 2.76. The second-order valence-electron chi connectivity index (χ2n) is 22.9. The second-order valence-corrected chi connectivity index (χ2v) is 22.9. The molecule has 7 fully saturated rings. The number of aliphatic carboxylic acids is 3. The van der Waals surface area contributed by atoms with Gasteiger partial charge in [-0.25, -0.2) is 14.4 Å². The lowest BCUT2D eigenvalue weighted by molar-refractivity contribution is -0.443. The number of aliphatic hydroxyl groups is 6. The van der Waals surface area contributed by atoms with Crippen LogP contribution in [0.3, 0.4) is 0 Å². The number of carboxylic acids is 3. The Labute approximate surface area is 388 Å². The average Bonchev–Trinajstić information content (AvgIpc) is 3.24. The summed E-state index contributed by atoms with van der Waals surface area (Å²) < 4.78 is 40.5. The zero-order chi connectivity index (χ0) is 49.2. The van der Waals surface area contributed by atoms with Gasteiger partial charge in [0.2, 0.25) is 12.6 Å². The summed E-state index contributed by atoms with van der Waals surface area (Å²) in [6.07, 6.45) is -10.4. The van der Waals surface area contributed by atoms with Crippen molar-refractivity contribution in [1.82, 2.24) is 0 Å². The highest BCUT2D eigenvalue weighted by atomic mass is 16.8. The van der Waals surface area contributed by atoms with Crippen LogP contribution in [0.15, 0.2) is 11.6 Å². The number of allylic oxidation sites excluding steroid dienone is 2. The molecule has 0 spiro atoms. The zero-order valence-corrected chi connectivity index (χ0v) is 39.2. The Kier molecular flexibility index (Phi) is 13.0. The van der Waals surface area contributed by atoms with Gasteiger partial charge in [-0.05, 0) is 109 Å². The summed E-state index contributed by atoms with van der Waals surface area (Å²) in [5.74, 6) is -8.90. The van der Waals surface area contributed by atoms with E-state index in [9.17, 15) is 65.1 Å². The molecule has 5 aliphatic carbocycles. The minimum Gasteiger partial charge on any atom is -0.480 e. The van der Waals surface area contributed by atoms with Gasteiger partial charge in [-0.3, -0.25) is 4.79 Å². The van der Waals surface area contributed by atoms with Crippen LogP contribution in [0.25, 0.3) is 0 Å². The van der Waals surface area contributed by atoms with Crippen LogP contribution in [0.1, 0.15) is 113 Å². The predicted octanol–water partition coefficient (Wildman–Crippen LogP) is 1.67. The van der Waals surface area contributed by atoms with Crippen molar-refractivity contribution in [3.8, 4) is 0 Å². The molecule has 0 aromatic rings. The van der Waals surface area contributed by atoms with E-state index in [0.717, 1.165) is 32.1 Å². The van der Waals surface area contributed by atoms with Gasteiger partial charge in [0.1, 0.15) is 49.3 Å². The molecule has 378 valence electrons. The molecule has 8 rings (SSSR count). The molecule has 8 aliphatic rings. The minimum atomic E-state index is -3.32. The smallest absolute Gasteiger partial charge is 0.369 e. The van der Waals surface area contributed by atoms with E-state index < -0.39 is 128 Å². The number of ether oxygens (including phenoxy) is 7. The van der Waals surface area contributed by atoms with Gasteiger partial charge in [-0.1, -0.05) is 60.1 Å². The van der Waals surface area contributed by atoms with E-state index in [4.69, 9.17) is 33.2 Å². The number of carboxylic acid groups (broad SMARTS) is 3. The minimum absolute atomic E-state index is 0.0627. The first-order valence-electron chi connectivity index (χ1n) is 23.7. The van der Waals surface area contributed by atoms with E-state index in [2.05, 4.69) is 54.5 Å². The summed E-state index contributed by atoms with van der Waals surface area (Å²) in [6, 6.07) is 0. The van der Waals surface area contributed by atoms with Crippen molar-refractivity contribution in [2.24, 2.45) is 50.2 Å². The van der Waals surface area contributed by atoms with Crippen molar-refractivity contribution in [3.63, 3.8) is 0 Å². The molecule has 3 saturated heterocycles. The van der Waals surface area contributed by atoms with Gasteiger partial charge in [0.15, 0.2) is 12.4 Å². The molecule has 0 amide bonds. The number of hydrogen-bond donors (Lipinski definition) is 9. The first-order chi connectivity index (χ1) is 31.1. The molecule has 20 heteroatoms. The van der Waals surface area contributed by atoms with Crippen molar-refractivity contribution >= 4 is 23.9 Å². The molecule has 67 heavy (non-hydrogen) atoms. The number of carbonyl (C=O) groups excluding carboxylic acids is 1. The molecule has 0 radical (unpaired) electrons. The molecule has 4 saturated carbocycles. The number of carbonyl (C=O) groups is 4. The summed E-state index contributed by atoms with van der Waals surface area (Å²) in [5.41, 5.74) is -1.15. The normalized spacial score (nSPS) is 49.9. The van der Waals surface area contributed by atoms with Gasteiger partial charge >= 0.3 is 29.7 Å². The highest BCUT2D eigenvalue weighted by Gasteiger charge is 2.71. The topological polar surface area (TPSA) is 315 Å². The Morgan fingerprint density at radius 1 is 0.761 bits per heavy atom. The van der Waals surface area contributed by atoms with Gasteiger partial charge in [0, 0.05) is 0 Å². The van der Waals surface area contributed by atoms with Gasteiger partial charge in [0.25, 0.3) is 0 Å². The van der Waals surface area contributed by atoms with Crippen LogP contribution in [0, 0.1) is 50.2 Å². The molecule has 0 bridgehead atoms. The van der Waals surface area contributed by atoms with Crippen LogP contribution in [0.2, 0.25) is 0 Å². The largest absolute Gasteiger partial charge is 0.480 e. The molecule has 0 unspecified atom stereocenters. The Bertz CT molecular complexity index is 1990. The van der Waals surface area contributed by atoms with E-state index >= 15 is 0 Å². The molecule has 0 aromatic heterocycles. The van der Waals surface area contributed by atoms with E-state index in [1.165, 1.54) is 5.57 Å². The molecule has 0 aromatic carbocycles. The van der Waals surface area contributed by atoms with Crippen LogP contribution >= 0.6 is 0 Å². The number of fused-ring (bicyclic) bond motifs is 8. The third kappa shape index (κ3) is 7.78. The lowest BCUT2D eigenvalue weighted by Crippen LogP contribution is -2.72. The Morgan fingerprint density at radius 2 is 1.45 bits per heavy atom. The van der Waals surface area contributed by atoms with Crippen LogP contribution in [-0.4, -0.2) is 163 Å². The van der Waals surface area contributed by atoms with E-state index in [-0.39, 0.29) is 39.4 Å². The van der Waals surface area contributed by atoms with Crippen LogP contribution in [-0.2, 0) is 52.3 Å². The zero-order valence-electron chi connectivity index (χ0n) is 39.2. The van der Waals surface area contributed by atoms with Crippen molar-refractivity contribution in [2.45, 2.75) is 192 Å². The Balaban J connectivity index is 1.06. The third-order valence-electron chi connectivity index (χ3n) is 18.7. The van der Waals surface area contributed by atoms with Crippen molar-refractivity contribution in [3.05, 3.63) is 11.6 Å². The lowest BCUT2D eigenvalue weighted by Gasteiger charge is -2.71. The highest BCUT2D eigenvalue weighted by molar-refractivity contribution is 5.79. The monoisotopic (exact) mass is 954 g/mol. The SMILES string of the molecule is CC1(C)CC[C@]2(C(=O)O[C@@H]3O[C@H](CO)[C@@H](O)[C@H](O)[C@H]3O)CC[C@]3(C)C(=CC[C@@H]4[C@@]5(C)CC[C@H](O[C@@H]6O[C@H](C(=O)O)[C@@H](O)[C@@H]7O[C@@](O)(C(=O)O)[C@H](OCC(=O)O)O[C@@H]67)C(C)(C)[C@@H]5CC[C@]43C)[C@H]2C1. The Morgan fingerprint density at radius 3 is 2.09 bits per heavy atom. The first-order valence-corrected chi connectivity index (χ1v) is 23.7. The maximum absolute atomic E-state index is 14.7. The Hall–Kier alpha value is -2.86. The van der Waals surface area contributed by atoms with E-state index in [1.807, 2.05) is 0 Å². The molecule has 3 aliphatic heterocycles. The van der Waals surface area contributed by atoms with Crippen LogP contribution < -0.4 is 0 Å². The van der Waals surface area contributed by atoms with Crippen molar-refractivity contribution < 1.29 is 98.3 Å². The third-order valence-corrected chi connectivity index (χ3v) is 18.7. The van der Waals surface area contributed by atoms with Gasteiger partial charge in [-0.15, -0.1) is 0 Å². The fourth-order valence-corrected chi connectivity index (χ4v) is 14.7. The molecule has 3 heterocycles. The van der Waals surface area contributed by atoms with Crippen LogP contribution in [0.5, 0.6) is 0 Å². The molecule has 20 nitrogen and oxygen atoms in total. The van der Waals surface area contributed by atoms with Crippen molar-refractivity contribution in [2.75, 3.05) is 13.2 Å². The van der Waals surface area contributed by atoms with Crippen molar-refractivity contribution in [1.29, 1.82) is 0 Å². The second kappa shape index (κ2) is 17.2. The number of rotatable bonds is 10. The van der Waals surface area contributed by atoms with Gasteiger partial charge < -0.3 is 79.1 Å². The predicted molar refractivity (Wildman–Crippen MR) is 226 cm³/mol. The van der Waals surface area contributed by atoms with Crippen LogP contribution in [0.4, 0.5) is 0 Å². The molecule has 9 N–H and O–H groups in total. The maximum Gasteiger partial charge on any atom is 0.369 e. The molecule has 20 atom stereocenters. The summed E-state index contributed by atoms with van der Waals surface area (Å²) in [7, 11) is 0. The first kappa shape index (κ1) is 50.5. The quantitative estimate of drug-likeness (QED) is 0.0854. The average molecular weight is 955 g/mol. The molecular weight excluding hydrogens is 884 g/mol. The summed E-state index contributed by atoms with van der Waals surface area (Å²) in [5, 5.41) is 92.8. The number of esters is 1. The summed E-state index contributed by atoms with van der Waals surface area (Å²) >= 11 is 0. The summed E-state index contributed by atoms with van der Waals surface area (Å²) in [4.78, 5) is 50.7. The standard InChI is InChI=1S/C47H70O20/c1-41(2)14-16-46(39(59)66-36-30(53)29(52)28(51)23(19-48)62-36)17-15-44(6)21(22(46)18-41)8-9-25-43(5)12-11-26(42(3,4)24(43)10-13-45(25,44)7)63-37-34-32(31(54)33(64-37)35(55)56)67-47(60,38(57)58)40(65-34)61-20-27(49)50/h8,22-26,28-34,36-37,40,48,51-54,60H,9-20H2,1-7H3,(H,49,50)(H,55,56)(H,57,58)/t22-,23-,24+,25-,26+,28-,29+,30-,31+,32+,33+,34-,36+,37-,40-,43+,44-,45-,46+,47+/m1/s1. The maximum atomic E-state index is 14.7. The summed E-state index contributed by atoms with van der Waals surface area (Å²) in [6.45, 7) is 14.0.